The topological polar surface area (TPSA) is 89.1 Å². The molecule has 0 amide bonds. The number of pyridine rings is 2. The van der Waals surface area contributed by atoms with Gasteiger partial charge in [0, 0.05) is 62.2 Å². The van der Waals surface area contributed by atoms with Crippen LogP contribution in [0.4, 0.5) is 0 Å². The molecule has 0 spiro atoms. The quantitative estimate of drug-likeness (QED) is 0.203. The van der Waals surface area contributed by atoms with Gasteiger partial charge in [0.05, 0.1) is 11.4 Å². The highest BCUT2D eigenvalue weighted by Crippen LogP contribution is 2.37. The molecule has 0 saturated carbocycles. The molecule has 6 nitrogen and oxygen atoms in total. The summed E-state index contributed by atoms with van der Waals surface area (Å²) in [6, 6.07) is 32.8. The number of hydrogen-bond acceptors (Lipinski definition) is 6. The van der Waals surface area contributed by atoms with Crippen LogP contribution in [-0.4, -0.2) is 16.2 Å². The molecule has 9 rings (SSSR count). The molecule has 0 radical (unpaired) electrons. The lowest BCUT2D eigenvalue weighted by Gasteiger charge is -2.06. The number of hydrogen-bond donors (Lipinski definition) is 1. The van der Waals surface area contributed by atoms with E-state index in [1.165, 1.54) is 6.21 Å². The molecule has 0 aliphatic heterocycles. The second kappa shape index (κ2) is 10.9. The fourth-order valence-corrected chi connectivity index (χ4v) is 6.25. The Morgan fingerprint density at radius 2 is 1.02 bits per heavy atom. The predicted octanol–water partition coefficient (Wildman–Crippen LogP) is 11.4. The van der Waals surface area contributed by atoms with Crippen molar-refractivity contribution < 1.29 is 13.3 Å². The lowest BCUT2D eigenvalue weighted by Crippen LogP contribution is -1.88. The molecule has 5 heterocycles. The Bertz CT molecular complexity index is 2600. The minimum Gasteiger partial charge on any atom is -0.461 e. The maximum absolute atomic E-state index is 7.82. The number of rotatable bonds is 4. The normalized spacial score (nSPS) is 11.5. The summed E-state index contributed by atoms with van der Waals surface area (Å²) in [6.45, 7) is 5.88. The molecule has 0 saturated heterocycles. The molecular weight excluding hydrogens is 570 g/mol. The third-order valence-electron chi connectivity index (χ3n) is 8.47. The molecule has 0 bridgehead atoms. The number of benzene rings is 4. The van der Waals surface area contributed by atoms with Gasteiger partial charge < -0.3 is 18.7 Å². The molecular formula is C40H29N3O3. The lowest BCUT2D eigenvalue weighted by atomic mass is 10.00. The molecule has 6 heteroatoms. The Kier molecular flexibility index (Phi) is 6.50. The second-order valence-electron chi connectivity index (χ2n) is 11.0. The smallest absolute Gasteiger partial charge is 0.138 e. The molecule has 0 aliphatic carbocycles. The van der Waals surface area contributed by atoms with Crippen molar-refractivity contribution in [2.45, 2.75) is 20.8 Å². The monoisotopic (exact) mass is 599 g/mol. The molecule has 5 aromatic heterocycles. The fraction of sp³-hybridized carbons (Fsp3) is 0.0750. The highest BCUT2D eigenvalue weighted by Gasteiger charge is 2.14. The summed E-state index contributed by atoms with van der Waals surface area (Å²) in [5.41, 5.74) is 10.8. The van der Waals surface area contributed by atoms with Gasteiger partial charge in [0.25, 0.3) is 0 Å². The van der Waals surface area contributed by atoms with Gasteiger partial charge in [-0.15, -0.1) is 0 Å². The first-order chi connectivity index (χ1) is 22.6. The van der Waals surface area contributed by atoms with Crippen LogP contribution in [0.25, 0.3) is 88.5 Å². The first-order valence-electron chi connectivity index (χ1n) is 15.4. The first kappa shape index (κ1) is 27.5. The Morgan fingerprint density at radius 1 is 0.543 bits per heavy atom. The molecule has 4 aromatic carbocycles. The summed E-state index contributed by atoms with van der Waals surface area (Å²) in [5, 5.41) is 12.9. The highest BCUT2D eigenvalue weighted by molar-refractivity contribution is 6.09. The summed E-state index contributed by atoms with van der Waals surface area (Å²) < 4.78 is 18.1. The van der Waals surface area contributed by atoms with E-state index in [0.717, 1.165) is 99.8 Å². The lowest BCUT2D eigenvalue weighted by molar-refractivity contribution is 0.578. The van der Waals surface area contributed by atoms with Gasteiger partial charge in [-0.3, -0.25) is 4.98 Å². The summed E-state index contributed by atoms with van der Waals surface area (Å²) in [5.74, 6) is 0.741. The molecule has 1 N–H and O–H groups in total. The molecule has 0 fully saturated rings. The number of nitrogens with one attached hydrogen (secondary N) is 1. The van der Waals surface area contributed by atoms with E-state index < -0.39 is 0 Å². The number of aryl methyl sites for hydroxylation is 1. The van der Waals surface area contributed by atoms with Gasteiger partial charge in [-0.1, -0.05) is 32.0 Å². The van der Waals surface area contributed by atoms with Crippen LogP contribution in [0.15, 0.2) is 123 Å². The Morgan fingerprint density at radius 3 is 1.61 bits per heavy atom. The third kappa shape index (κ3) is 4.38. The molecule has 0 atom stereocenters. The maximum atomic E-state index is 7.82. The molecule has 9 aromatic rings. The van der Waals surface area contributed by atoms with Crippen LogP contribution >= 0.6 is 0 Å². The Hall–Kier alpha value is -6.01. The van der Waals surface area contributed by atoms with Gasteiger partial charge in [0.2, 0.25) is 0 Å². The highest BCUT2D eigenvalue weighted by atomic mass is 16.3. The van der Waals surface area contributed by atoms with Crippen LogP contribution < -0.4 is 0 Å². The van der Waals surface area contributed by atoms with E-state index >= 15 is 0 Å². The summed E-state index contributed by atoms with van der Waals surface area (Å²) in [4.78, 5) is 9.33. The molecule has 222 valence electrons. The van der Waals surface area contributed by atoms with Crippen LogP contribution in [-0.2, 0) is 0 Å². The van der Waals surface area contributed by atoms with Crippen molar-refractivity contribution >= 4 is 61.1 Å². The number of nitrogens with zero attached hydrogens (tertiary/aromatic N) is 2. The fourth-order valence-electron chi connectivity index (χ4n) is 6.25. The van der Waals surface area contributed by atoms with E-state index in [1.54, 1.807) is 6.20 Å². The zero-order valence-corrected chi connectivity index (χ0v) is 25.6. The Labute approximate surface area is 264 Å². The van der Waals surface area contributed by atoms with Crippen molar-refractivity contribution in [3.63, 3.8) is 0 Å². The van der Waals surface area contributed by atoms with E-state index in [0.29, 0.717) is 0 Å². The average Bonchev–Trinajstić information content (AvgIpc) is 3.77. The minimum atomic E-state index is 0.741. The van der Waals surface area contributed by atoms with Gasteiger partial charge in [0.15, 0.2) is 0 Å². The van der Waals surface area contributed by atoms with Crippen LogP contribution in [0.5, 0.6) is 0 Å². The zero-order valence-electron chi connectivity index (χ0n) is 25.6. The van der Waals surface area contributed by atoms with Gasteiger partial charge in [0.1, 0.15) is 33.7 Å². The number of aromatic nitrogens is 2. The zero-order chi connectivity index (χ0) is 31.4. The standard InChI is InChI=1S/C38H23N3O3.C2H6/c1-21-30(19-39)28-18-25(7-11-34(28)42-21)33-4-2-3-32(41-33)24-8-12-36-27(17-24)26-15-22(5-9-35(26)43-36)23-6-10-37-29(16-23)31-20-40-14-13-38(31)44-37;1-2/h2-20,39H,1H3;1-2H3. The maximum Gasteiger partial charge on any atom is 0.138 e. The van der Waals surface area contributed by atoms with E-state index in [2.05, 4.69) is 41.4 Å². The molecule has 0 aliphatic rings. The first-order valence-corrected chi connectivity index (χ1v) is 15.4. The largest absolute Gasteiger partial charge is 0.461 e. The van der Waals surface area contributed by atoms with E-state index in [1.807, 2.05) is 87.6 Å². The van der Waals surface area contributed by atoms with Crippen molar-refractivity contribution in [2.24, 2.45) is 0 Å². The minimum absolute atomic E-state index is 0.741. The van der Waals surface area contributed by atoms with Crippen LogP contribution in [0, 0.1) is 12.3 Å². The van der Waals surface area contributed by atoms with Gasteiger partial charge in [-0.05, 0) is 96.9 Å². The predicted molar refractivity (Wildman–Crippen MR) is 187 cm³/mol. The van der Waals surface area contributed by atoms with Crippen LogP contribution in [0.3, 0.4) is 0 Å². The van der Waals surface area contributed by atoms with Crippen molar-refractivity contribution in [1.82, 2.24) is 9.97 Å². The van der Waals surface area contributed by atoms with Crippen LogP contribution in [0.1, 0.15) is 25.2 Å². The van der Waals surface area contributed by atoms with Crippen molar-refractivity contribution in [3.05, 3.63) is 121 Å². The van der Waals surface area contributed by atoms with E-state index in [9.17, 15) is 0 Å². The second-order valence-corrected chi connectivity index (χ2v) is 11.0. The van der Waals surface area contributed by atoms with Crippen molar-refractivity contribution in [3.8, 4) is 33.6 Å². The van der Waals surface area contributed by atoms with Gasteiger partial charge >= 0.3 is 0 Å². The van der Waals surface area contributed by atoms with Crippen LogP contribution in [0.2, 0.25) is 0 Å². The Balaban J connectivity index is 0.00000153. The molecule has 46 heavy (non-hydrogen) atoms. The van der Waals surface area contributed by atoms with E-state index in [-0.39, 0.29) is 0 Å². The average molecular weight is 600 g/mol. The number of furan rings is 3. The van der Waals surface area contributed by atoms with Gasteiger partial charge in [-0.2, -0.15) is 0 Å². The summed E-state index contributed by atoms with van der Waals surface area (Å²) in [7, 11) is 0. The van der Waals surface area contributed by atoms with Crippen molar-refractivity contribution in [1.29, 1.82) is 5.41 Å². The van der Waals surface area contributed by atoms with Crippen molar-refractivity contribution in [2.75, 3.05) is 0 Å². The van der Waals surface area contributed by atoms with Gasteiger partial charge in [-0.25, -0.2) is 4.98 Å². The number of fused-ring (bicyclic) bond motifs is 7. The molecule has 0 unspecified atom stereocenters. The summed E-state index contributed by atoms with van der Waals surface area (Å²) >= 11 is 0. The van der Waals surface area contributed by atoms with E-state index in [4.69, 9.17) is 23.6 Å². The summed E-state index contributed by atoms with van der Waals surface area (Å²) in [6.07, 6.45) is 4.95. The third-order valence-corrected chi connectivity index (χ3v) is 8.47. The SMILES string of the molecule is CC.Cc1oc2ccc(-c3cccc(-c4ccc5oc6ccc(-c7ccc8oc9ccncc9c8c7)cc6c5c4)n3)cc2c1C=N.